The molecule has 0 radical (unpaired) electrons. The zero-order chi connectivity index (χ0) is 15.2. The van der Waals surface area contributed by atoms with E-state index < -0.39 is 15.6 Å². The molecular weight excluding hydrogens is 276 g/mol. The first-order chi connectivity index (χ1) is 9.30. The predicted octanol–water partition coefficient (Wildman–Crippen LogP) is 1.95. The van der Waals surface area contributed by atoms with E-state index in [9.17, 15) is 13.5 Å². The Kier molecular flexibility index (Phi) is 5.98. The van der Waals surface area contributed by atoms with E-state index >= 15 is 0 Å². The van der Waals surface area contributed by atoms with Crippen LogP contribution in [0.2, 0.25) is 0 Å². The minimum Gasteiger partial charge on any atom is -0.388 e. The molecule has 1 rings (SSSR count). The van der Waals surface area contributed by atoms with Crippen LogP contribution < -0.4 is 10.0 Å². The fraction of sp³-hybridized carbons (Fsp3) is 0.571. The van der Waals surface area contributed by atoms with Crippen LogP contribution in [-0.4, -0.2) is 32.2 Å². The highest BCUT2D eigenvalue weighted by atomic mass is 32.2. The summed E-state index contributed by atoms with van der Waals surface area (Å²) in [7, 11) is -3.41. The van der Waals surface area contributed by atoms with Crippen molar-refractivity contribution in [2.75, 3.05) is 18.4 Å². The van der Waals surface area contributed by atoms with Gasteiger partial charge in [0.05, 0.1) is 10.5 Å². The zero-order valence-corrected chi connectivity index (χ0v) is 13.1. The van der Waals surface area contributed by atoms with Gasteiger partial charge in [-0.2, -0.15) is 0 Å². The molecule has 114 valence electrons. The van der Waals surface area contributed by atoms with Crippen molar-refractivity contribution in [2.24, 2.45) is 0 Å². The van der Waals surface area contributed by atoms with E-state index in [0.717, 1.165) is 12.1 Å². The van der Waals surface area contributed by atoms with Crippen LogP contribution >= 0.6 is 0 Å². The van der Waals surface area contributed by atoms with Crippen LogP contribution in [0.3, 0.4) is 0 Å². The maximum atomic E-state index is 11.9. The van der Waals surface area contributed by atoms with Gasteiger partial charge in [0.15, 0.2) is 0 Å². The van der Waals surface area contributed by atoms with E-state index in [1.807, 2.05) is 13.8 Å². The van der Waals surface area contributed by atoms with E-state index in [1.54, 1.807) is 31.2 Å². The Morgan fingerprint density at radius 3 is 2.30 bits per heavy atom. The summed E-state index contributed by atoms with van der Waals surface area (Å²) in [4.78, 5) is 0.249. The number of benzene rings is 1. The number of hydrogen-bond donors (Lipinski definition) is 3. The molecule has 1 aromatic rings. The Morgan fingerprint density at radius 1 is 1.20 bits per heavy atom. The molecule has 3 N–H and O–H groups in total. The predicted molar refractivity (Wildman–Crippen MR) is 81.3 cm³/mol. The lowest BCUT2D eigenvalue weighted by molar-refractivity contribution is 0.0697. The second-order valence-electron chi connectivity index (χ2n) is 5.13. The second-order valence-corrected chi connectivity index (χ2v) is 6.89. The van der Waals surface area contributed by atoms with Gasteiger partial charge in [-0.15, -0.1) is 0 Å². The lowest BCUT2D eigenvalue weighted by Gasteiger charge is -2.22. The fourth-order valence-electron chi connectivity index (χ4n) is 1.49. The third kappa shape index (κ3) is 5.11. The van der Waals surface area contributed by atoms with Crippen LogP contribution in [-0.2, 0) is 10.0 Å². The maximum absolute atomic E-state index is 11.9. The Hall–Kier alpha value is -1.11. The van der Waals surface area contributed by atoms with Crippen LogP contribution in [0.15, 0.2) is 29.2 Å². The molecule has 1 atom stereocenters. The van der Waals surface area contributed by atoms with Gasteiger partial charge in [0, 0.05) is 18.8 Å². The first-order valence-electron chi connectivity index (χ1n) is 6.86. The summed E-state index contributed by atoms with van der Waals surface area (Å²) in [6.07, 6.45) is 1.40. The smallest absolute Gasteiger partial charge is 0.240 e. The Morgan fingerprint density at radius 2 is 1.80 bits per heavy atom. The van der Waals surface area contributed by atoms with E-state index in [2.05, 4.69) is 10.0 Å². The molecule has 0 amide bonds. The molecule has 0 aliphatic heterocycles. The second kappa shape index (κ2) is 7.06. The number of hydrogen-bond acceptors (Lipinski definition) is 4. The molecule has 0 aliphatic carbocycles. The summed E-state index contributed by atoms with van der Waals surface area (Å²) in [5.41, 5.74) is 0.0149. The average molecular weight is 300 g/mol. The van der Waals surface area contributed by atoms with E-state index in [1.165, 1.54) is 0 Å². The third-order valence-electron chi connectivity index (χ3n) is 3.14. The molecule has 1 aromatic carbocycles. The first kappa shape index (κ1) is 16.9. The quantitative estimate of drug-likeness (QED) is 0.685. The summed E-state index contributed by atoms with van der Waals surface area (Å²) >= 11 is 0. The summed E-state index contributed by atoms with van der Waals surface area (Å²) in [5, 5.41) is 13.0. The van der Waals surface area contributed by atoms with Gasteiger partial charge in [-0.05, 0) is 44.0 Å². The zero-order valence-electron chi connectivity index (χ0n) is 12.3. The number of anilines is 1. The average Bonchev–Trinajstić information content (AvgIpc) is 2.43. The van der Waals surface area contributed by atoms with Gasteiger partial charge in [-0.3, -0.25) is 0 Å². The molecule has 20 heavy (non-hydrogen) atoms. The third-order valence-corrected chi connectivity index (χ3v) is 4.62. The molecule has 0 saturated carbocycles. The monoisotopic (exact) mass is 300 g/mol. The molecule has 0 aromatic heterocycles. The fourth-order valence-corrected chi connectivity index (χ4v) is 2.62. The van der Waals surface area contributed by atoms with E-state index in [4.69, 9.17) is 0 Å². The highest BCUT2D eigenvalue weighted by Gasteiger charge is 2.17. The minimum absolute atomic E-state index is 0.249. The van der Waals surface area contributed by atoms with Gasteiger partial charge in [-0.25, -0.2) is 13.1 Å². The van der Waals surface area contributed by atoms with Crippen molar-refractivity contribution < 1.29 is 13.5 Å². The van der Waals surface area contributed by atoms with Crippen molar-refractivity contribution in [2.45, 2.75) is 44.1 Å². The van der Waals surface area contributed by atoms with Gasteiger partial charge < -0.3 is 10.4 Å². The van der Waals surface area contributed by atoms with Gasteiger partial charge in [-0.1, -0.05) is 13.8 Å². The molecule has 0 bridgehead atoms. The van der Waals surface area contributed by atoms with Gasteiger partial charge in [0.25, 0.3) is 0 Å². The highest BCUT2D eigenvalue weighted by molar-refractivity contribution is 7.89. The van der Waals surface area contributed by atoms with Crippen molar-refractivity contribution in [3.8, 4) is 0 Å². The topological polar surface area (TPSA) is 78.4 Å². The van der Waals surface area contributed by atoms with Crippen LogP contribution in [0.25, 0.3) is 0 Å². The Labute approximate surface area is 121 Å². The summed E-state index contributed by atoms with van der Waals surface area (Å²) < 4.78 is 26.3. The van der Waals surface area contributed by atoms with Gasteiger partial charge >= 0.3 is 0 Å². The van der Waals surface area contributed by atoms with E-state index in [0.29, 0.717) is 19.5 Å². The lowest BCUT2D eigenvalue weighted by atomic mass is 10.0. The number of sulfonamides is 1. The van der Waals surface area contributed by atoms with Crippen LogP contribution in [0.4, 0.5) is 5.69 Å². The summed E-state index contributed by atoms with van der Waals surface area (Å²) in [6, 6.07) is 6.51. The number of nitrogens with one attached hydrogen (secondary N) is 2. The first-order valence-corrected chi connectivity index (χ1v) is 8.35. The molecular formula is C14H24N2O3S. The van der Waals surface area contributed by atoms with Crippen LogP contribution in [0, 0.1) is 0 Å². The molecule has 6 heteroatoms. The maximum Gasteiger partial charge on any atom is 0.240 e. The van der Waals surface area contributed by atoms with Crippen molar-refractivity contribution in [1.82, 2.24) is 4.72 Å². The molecule has 0 fully saturated rings. The summed E-state index contributed by atoms with van der Waals surface area (Å²) in [5.74, 6) is 0. The van der Waals surface area contributed by atoms with Crippen molar-refractivity contribution >= 4 is 15.7 Å². The molecule has 1 unspecified atom stereocenters. The Balaban J connectivity index is 2.69. The number of aliphatic hydroxyl groups is 1. The SMILES string of the molecule is CCCNS(=O)(=O)c1ccc(NCC(C)(O)CC)cc1. The van der Waals surface area contributed by atoms with Crippen LogP contribution in [0.1, 0.15) is 33.6 Å². The van der Waals surface area contributed by atoms with Crippen molar-refractivity contribution in [3.05, 3.63) is 24.3 Å². The lowest BCUT2D eigenvalue weighted by Crippen LogP contribution is -2.32. The molecule has 5 nitrogen and oxygen atoms in total. The van der Waals surface area contributed by atoms with Crippen molar-refractivity contribution in [3.63, 3.8) is 0 Å². The van der Waals surface area contributed by atoms with Gasteiger partial charge in [0.1, 0.15) is 0 Å². The summed E-state index contributed by atoms with van der Waals surface area (Å²) in [6.45, 7) is 6.44. The molecule has 0 aliphatic rings. The van der Waals surface area contributed by atoms with E-state index in [-0.39, 0.29) is 4.90 Å². The standard InChI is InChI=1S/C14H24N2O3S/c1-4-10-16-20(18,19)13-8-6-12(7-9-13)15-11-14(3,17)5-2/h6-9,15-17H,4-5,10-11H2,1-3H3. The van der Waals surface area contributed by atoms with Crippen molar-refractivity contribution in [1.29, 1.82) is 0 Å². The molecule has 0 spiro atoms. The largest absolute Gasteiger partial charge is 0.388 e. The Bertz CT molecular complexity index is 510. The highest BCUT2D eigenvalue weighted by Crippen LogP contribution is 2.16. The number of rotatable bonds is 8. The minimum atomic E-state index is -3.41. The molecule has 0 heterocycles. The van der Waals surface area contributed by atoms with Gasteiger partial charge in [0.2, 0.25) is 10.0 Å². The van der Waals surface area contributed by atoms with Crippen LogP contribution in [0.5, 0.6) is 0 Å². The normalized spacial score (nSPS) is 14.8. The molecule has 0 saturated heterocycles.